The summed E-state index contributed by atoms with van der Waals surface area (Å²) in [5.74, 6) is 0.857. The van der Waals surface area contributed by atoms with Crippen LogP contribution >= 0.6 is 0 Å². The molecule has 4 rings (SSSR count). The highest BCUT2D eigenvalue weighted by molar-refractivity contribution is 5.87. The average molecular weight is 345 g/mol. The second kappa shape index (κ2) is 6.44. The molecule has 0 spiro atoms. The molecule has 0 aliphatic heterocycles. The normalized spacial score (nSPS) is 12.3. The van der Waals surface area contributed by atoms with E-state index in [2.05, 4.69) is 62.5 Å². The van der Waals surface area contributed by atoms with E-state index in [4.69, 9.17) is 11.5 Å². The Morgan fingerprint density at radius 3 is 2.62 bits per heavy atom. The number of hydrogen-bond acceptors (Lipinski definition) is 7. The molecular formula is C19H19N7. The Morgan fingerprint density at radius 2 is 1.77 bits per heavy atom. The van der Waals surface area contributed by atoms with Crippen molar-refractivity contribution in [2.24, 2.45) is 0 Å². The topological polar surface area (TPSA) is 116 Å². The Hall–Kier alpha value is -3.48. The van der Waals surface area contributed by atoms with Crippen LogP contribution in [0.4, 0.5) is 17.7 Å². The molecule has 0 saturated heterocycles. The molecule has 5 N–H and O–H groups in total. The number of benzene rings is 2. The lowest BCUT2D eigenvalue weighted by Gasteiger charge is -2.19. The minimum atomic E-state index is 0.0649. The van der Waals surface area contributed by atoms with Gasteiger partial charge in [-0.2, -0.15) is 15.0 Å². The van der Waals surface area contributed by atoms with Crippen LogP contribution in [0.15, 0.2) is 48.7 Å². The summed E-state index contributed by atoms with van der Waals surface area (Å²) >= 11 is 0. The molecule has 0 amide bonds. The fourth-order valence-corrected chi connectivity index (χ4v) is 3.14. The Morgan fingerprint density at radius 1 is 0.962 bits per heavy atom. The van der Waals surface area contributed by atoms with E-state index < -0.39 is 0 Å². The molecule has 0 saturated carbocycles. The zero-order valence-corrected chi connectivity index (χ0v) is 14.3. The van der Waals surface area contributed by atoms with Crippen molar-refractivity contribution in [1.82, 2.24) is 19.9 Å². The highest BCUT2D eigenvalue weighted by atomic mass is 15.2. The first-order valence-corrected chi connectivity index (χ1v) is 8.45. The van der Waals surface area contributed by atoms with Crippen molar-refractivity contribution >= 4 is 39.5 Å². The summed E-state index contributed by atoms with van der Waals surface area (Å²) in [4.78, 5) is 16.9. The van der Waals surface area contributed by atoms with Crippen LogP contribution in [0.2, 0.25) is 0 Å². The molecule has 4 aromatic rings. The van der Waals surface area contributed by atoms with Crippen LogP contribution in [-0.4, -0.2) is 19.9 Å². The zero-order valence-electron chi connectivity index (χ0n) is 14.3. The number of fused-ring (bicyclic) bond motifs is 2. The fourth-order valence-electron chi connectivity index (χ4n) is 3.14. The van der Waals surface area contributed by atoms with Gasteiger partial charge in [0, 0.05) is 6.20 Å². The summed E-state index contributed by atoms with van der Waals surface area (Å²) in [5.41, 5.74) is 13.2. The molecule has 26 heavy (non-hydrogen) atoms. The summed E-state index contributed by atoms with van der Waals surface area (Å²) < 4.78 is 0. The second-order valence-corrected chi connectivity index (χ2v) is 6.07. The molecule has 1 atom stereocenters. The van der Waals surface area contributed by atoms with E-state index in [0.717, 1.165) is 6.42 Å². The molecule has 7 heteroatoms. The summed E-state index contributed by atoms with van der Waals surface area (Å²) in [6.45, 7) is 2.12. The molecule has 2 heterocycles. The van der Waals surface area contributed by atoms with Crippen molar-refractivity contribution in [3.05, 3.63) is 54.2 Å². The summed E-state index contributed by atoms with van der Waals surface area (Å²) in [6.07, 6.45) is 2.50. The number of nitrogens with zero attached hydrogens (tertiary/aromatic N) is 4. The van der Waals surface area contributed by atoms with Gasteiger partial charge in [0.1, 0.15) is 5.82 Å². The van der Waals surface area contributed by atoms with E-state index in [0.29, 0.717) is 17.0 Å². The SMILES string of the molecule is CCC(Nc1ncc2c(N)nc(N)nc2n1)c1cccc2ccccc12. The molecule has 7 nitrogen and oxygen atoms in total. The number of nitrogens with one attached hydrogen (secondary N) is 1. The maximum absolute atomic E-state index is 5.86. The number of hydrogen-bond donors (Lipinski definition) is 3. The standard InChI is InChI=1S/C19H19N7/c1-2-15(13-9-5-7-11-6-3-4-8-12(11)13)23-19-22-10-14-16(20)24-18(21)25-17(14)26-19/h3-10,15H,2H2,1H3,(H5,20,21,22,23,24,25,26). The fraction of sp³-hybridized carbons (Fsp3) is 0.158. The van der Waals surface area contributed by atoms with Crippen molar-refractivity contribution in [2.75, 3.05) is 16.8 Å². The van der Waals surface area contributed by atoms with E-state index in [1.54, 1.807) is 6.20 Å². The highest BCUT2D eigenvalue weighted by Crippen LogP contribution is 2.28. The molecular weight excluding hydrogens is 326 g/mol. The van der Waals surface area contributed by atoms with E-state index >= 15 is 0 Å². The predicted octanol–water partition coefficient (Wildman–Crippen LogP) is 3.30. The van der Waals surface area contributed by atoms with E-state index in [9.17, 15) is 0 Å². The van der Waals surface area contributed by atoms with Gasteiger partial charge in [0.05, 0.1) is 11.4 Å². The van der Waals surface area contributed by atoms with Gasteiger partial charge < -0.3 is 16.8 Å². The van der Waals surface area contributed by atoms with Crippen molar-refractivity contribution < 1.29 is 0 Å². The lowest BCUT2D eigenvalue weighted by atomic mass is 9.97. The molecule has 2 aromatic carbocycles. The molecule has 0 aliphatic rings. The lowest BCUT2D eigenvalue weighted by molar-refractivity contribution is 0.745. The van der Waals surface area contributed by atoms with Crippen LogP contribution in [0.1, 0.15) is 24.9 Å². The number of nitrogen functional groups attached to an aromatic ring is 2. The highest BCUT2D eigenvalue weighted by Gasteiger charge is 2.15. The van der Waals surface area contributed by atoms with Crippen LogP contribution < -0.4 is 16.8 Å². The molecule has 2 aromatic heterocycles. The molecule has 1 unspecified atom stereocenters. The zero-order chi connectivity index (χ0) is 18.1. The minimum absolute atomic E-state index is 0.0649. The number of rotatable bonds is 4. The number of aromatic nitrogens is 4. The Bertz CT molecular complexity index is 1090. The largest absolute Gasteiger partial charge is 0.383 e. The van der Waals surface area contributed by atoms with Crippen molar-refractivity contribution in [3.63, 3.8) is 0 Å². The van der Waals surface area contributed by atoms with Gasteiger partial charge in [-0.3, -0.25) is 0 Å². The van der Waals surface area contributed by atoms with Gasteiger partial charge in [-0.05, 0) is 22.8 Å². The summed E-state index contributed by atoms with van der Waals surface area (Å²) in [5, 5.41) is 6.41. The summed E-state index contributed by atoms with van der Waals surface area (Å²) in [7, 11) is 0. The van der Waals surface area contributed by atoms with Gasteiger partial charge >= 0.3 is 0 Å². The first kappa shape index (κ1) is 16.0. The van der Waals surface area contributed by atoms with E-state index in [-0.39, 0.29) is 17.8 Å². The van der Waals surface area contributed by atoms with Gasteiger partial charge in [0.15, 0.2) is 5.65 Å². The predicted molar refractivity (Wildman–Crippen MR) is 105 cm³/mol. The van der Waals surface area contributed by atoms with Gasteiger partial charge in [-0.1, -0.05) is 49.4 Å². The minimum Gasteiger partial charge on any atom is -0.383 e. The van der Waals surface area contributed by atoms with Crippen molar-refractivity contribution in [3.8, 4) is 0 Å². The van der Waals surface area contributed by atoms with Crippen molar-refractivity contribution in [1.29, 1.82) is 0 Å². The number of nitrogens with two attached hydrogens (primary N) is 2. The van der Waals surface area contributed by atoms with Gasteiger partial charge in [0.2, 0.25) is 11.9 Å². The monoisotopic (exact) mass is 345 g/mol. The van der Waals surface area contributed by atoms with Gasteiger partial charge in [-0.15, -0.1) is 0 Å². The van der Waals surface area contributed by atoms with Crippen LogP contribution in [-0.2, 0) is 0 Å². The third-order valence-electron chi connectivity index (χ3n) is 4.41. The Kier molecular flexibility index (Phi) is 3.96. The first-order valence-electron chi connectivity index (χ1n) is 8.45. The first-order chi connectivity index (χ1) is 12.7. The van der Waals surface area contributed by atoms with Crippen LogP contribution in [0.5, 0.6) is 0 Å². The molecule has 0 radical (unpaired) electrons. The van der Waals surface area contributed by atoms with Crippen LogP contribution in [0, 0.1) is 0 Å². The van der Waals surface area contributed by atoms with E-state index in [1.165, 1.54) is 16.3 Å². The smallest absolute Gasteiger partial charge is 0.225 e. The quantitative estimate of drug-likeness (QED) is 0.519. The molecule has 130 valence electrons. The molecule has 0 aliphatic carbocycles. The number of anilines is 3. The Balaban J connectivity index is 1.73. The molecule has 0 bridgehead atoms. The third-order valence-corrected chi connectivity index (χ3v) is 4.41. The van der Waals surface area contributed by atoms with Crippen LogP contribution in [0.25, 0.3) is 21.8 Å². The van der Waals surface area contributed by atoms with Gasteiger partial charge in [0.25, 0.3) is 0 Å². The van der Waals surface area contributed by atoms with Crippen molar-refractivity contribution in [2.45, 2.75) is 19.4 Å². The maximum atomic E-state index is 5.86. The molecule has 0 fully saturated rings. The van der Waals surface area contributed by atoms with E-state index in [1.807, 2.05) is 12.1 Å². The Labute approximate surface area is 150 Å². The lowest BCUT2D eigenvalue weighted by Crippen LogP contribution is -2.13. The van der Waals surface area contributed by atoms with Gasteiger partial charge in [-0.25, -0.2) is 4.98 Å². The summed E-state index contributed by atoms with van der Waals surface area (Å²) in [6, 6.07) is 14.7. The van der Waals surface area contributed by atoms with Crippen LogP contribution in [0.3, 0.4) is 0 Å². The average Bonchev–Trinajstić information content (AvgIpc) is 2.65. The maximum Gasteiger partial charge on any atom is 0.225 e. The second-order valence-electron chi connectivity index (χ2n) is 6.07. The third kappa shape index (κ3) is 2.83.